The minimum Gasteiger partial charge on any atom is -0.478 e. The summed E-state index contributed by atoms with van der Waals surface area (Å²) in [7, 11) is -3.86. The highest BCUT2D eigenvalue weighted by Gasteiger charge is 2.17. The predicted octanol–water partition coefficient (Wildman–Crippen LogP) is 2.30. The monoisotopic (exact) mass is 340 g/mol. The third-order valence-electron chi connectivity index (χ3n) is 2.98. The largest absolute Gasteiger partial charge is 0.478 e. The highest BCUT2D eigenvalue weighted by Crippen LogP contribution is 2.26. The molecule has 8 heteroatoms. The molecular formula is C14H13ClN2O4S. The molecule has 0 spiro atoms. The summed E-state index contributed by atoms with van der Waals surface area (Å²) in [6.07, 6.45) is 0. The summed E-state index contributed by atoms with van der Waals surface area (Å²) in [5, 5.41) is 9.18. The van der Waals surface area contributed by atoms with Crippen molar-refractivity contribution in [3.05, 3.63) is 58.6 Å². The topological polar surface area (TPSA) is 109 Å². The van der Waals surface area contributed by atoms with Gasteiger partial charge in [0, 0.05) is 17.1 Å². The lowest BCUT2D eigenvalue weighted by atomic mass is 10.2. The number of nitrogens with one attached hydrogen (secondary N) is 1. The minimum absolute atomic E-state index is 0.00403. The van der Waals surface area contributed by atoms with Crippen LogP contribution in [0.2, 0.25) is 5.02 Å². The number of anilines is 1. The van der Waals surface area contributed by atoms with Crippen molar-refractivity contribution in [1.29, 1.82) is 0 Å². The summed E-state index contributed by atoms with van der Waals surface area (Å²) in [5.41, 5.74) is 6.35. The highest BCUT2D eigenvalue weighted by atomic mass is 35.5. The molecule has 2 aromatic carbocycles. The molecule has 0 heterocycles. The zero-order valence-electron chi connectivity index (χ0n) is 11.3. The van der Waals surface area contributed by atoms with Gasteiger partial charge in [-0.15, -0.1) is 0 Å². The Labute approximate surface area is 132 Å². The Bertz CT molecular complexity index is 804. The van der Waals surface area contributed by atoms with E-state index in [-0.39, 0.29) is 22.7 Å². The molecule has 0 fully saturated rings. The summed E-state index contributed by atoms with van der Waals surface area (Å²) in [5.74, 6) is -1.13. The van der Waals surface area contributed by atoms with Crippen molar-refractivity contribution >= 4 is 33.3 Å². The van der Waals surface area contributed by atoms with Gasteiger partial charge in [-0.2, -0.15) is 0 Å². The van der Waals surface area contributed by atoms with Gasteiger partial charge in [-0.1, -0.05) is 17.7 Å². The fraction of sp³-hybridized carbons (Fsp3) is 0.0714. The van der Waals surface area contributed by atoms with Crippen LogP contribution in [0.4, 0.5) is 5.69 Å². The molecule has 4 N–H and O–H groups in total. The first-order chi connectivity index (χ1) is 10.3. The minimum atomic E-state index is -3.86. The summed E-state index contributed by atoms with van der Waals surface area (Å²) >= 11 is 5.98. The third-order valence-corrected chi connectivity index (χ3v) is 4.71. The van der Waals surface area contributed by atoms with E-state index in [1.54, 1.807) is 18.2 Å². The molecule has 0 radical (unpaired) electrons. The molecule has 6 nitrogen and oxygen atoms in total. The Hall–Kier alpha value is -2.09. The molecule has 0 aliphatic carbocycles. The number of hydrogen-bond donors (Lipinski definition) is 3. The van der Waals surface area contributed by atoms with Crippen LogP contribution in [-0.4, -0.2) is 19.5 Å². The van der Waals surface area contributed by atoms with Crippen molar-refractivity contribution in [2.75, 3.05) is 4.72 Å². The van der Waals surface area contributed by atoms with Crippen LogP contribution in [0.5, 0.6) is 0 Å². The van der Waals surface area contributed by atoms with E-state index in [9.17, 15) is 13.2 Å². The molecule has 2 rings (SSSR count). The smallest absolute Gasteiger partial charge is 0.335 e. The Balaban J connectivity index is 2.36. The zero-order valence-corrected chi connectivity index (χ0v) is 12.9. The third kappa shape index (κ3) is 3.38. The van der Waals surface area contributed by atoms with E-state index in [2.05, 4.69) is 4.72 Å². The number of nitrogens with two attached hydrogens (primary N) is 1. The van der Waals surface area contributed by atoms with Crippen LogP contribution in [-0.2, 0) is 16.6 Å². The summed E-state index contributed by atoms with van der Waals surface area (Å²) in [6.45, 7) is 0.0788. The number of hydrogen-bond acceptors (Lipinski definition) is 4. The Kier molecular flexibility index (Phi) is 4.70. The van der Waals surface area contributed by atoms with Crippen LogP contribution in [0.1, 0.15) is 15.9 Å². The Morgan fingerprint density at radius 1 is 1.18 bits per heavy atom. The van der Waals surface area contributed by atoms with Gasteiger partial charge in [-0.3, -0.25) is 4.72 Å². The number of carbonyl (C=O) groups is 1. The van der Waals surface area contributed by atoms with Gasteiger partial charge in [0.25, 0.3) is 10.0 Å². The van der Waals surface area contributed by atoms with E-state index < -0.39 is 16.0 Å². The molecule has 0 atom stereocenters. The molecule has 0 aliphatic heterocycles. The van der Waals surface area contributed by atoms with Gasteiger partial charge in [0.05, 0.1) is 16.1 Å². The SMILES string of the molecule is NCc1c(Cl)cccc1NS(=O)(=O)c1ccc(C(=O)O)cc1. The van der Waals surface area contributed by atoms with Gasteiger partial charge in [0.2, 0.25) is 0 Å². The summed E-state index contributed by atoms with van der Waals surface area (Å²) < 4.78 is 27.0. The lowest BCUT2D eigenvalue weighted by molar-refractivity contribution is 0.0696. The maximum absolute atomic E-state index is 12.3. The normalized spacial score (nSPS) is 11.2. The molecule has 0 aliphatic rings. The van der Waals surface area contributed by atoms with Gasteiger partial charge < -0.3 is 10.8 Å². The first kappa shape index (κ1) is 16.3. The Morgan fingerprint density at radius 2 is 1.82 bits per heavy atom. The van der Waals surface area contributed by atoms with Crippen molar-refractivity contribution in [2.45, 2.75) is 11.4 Å². The van der Waals surface area contributed by atoms with E-state index in [0.29, 0.717) is 10.6 Å². The van der Waals surface area contributed by atoms with E-state index in [1.807, 2.05) is 0 Å². The van der Waals surface area contributed by atoms with Crippen LogP contribution in [0.15, 0.2) is 47.4 Å². The number of carboxylic acids is 1. The molecule has 22 heavy (non-hydrogen) atoms. The number of rotatable bonds is 5. The average molecular weight is 341 g/mol. The molecule has 0 amide bonds. The van der Waals surface area contributed by atoms with Crippen molar-refractivity contribution in [1.82, 2.24) is 0 Å². The first-order valence-corrected chi connectivity index (χ1v) is 8.05. The fourth-order valence-electron chi connectivity index (χ4n) is 1.84. The molecule has 0 unspecified atom stereocenters. The van der Waals surface area contributed by atoms with E-state index in [0.717, 1.165) is 0 Å². The predicted molar refractivity (Wildman–Crippen MR) is 83.6 cm³/mol. The average Bonchev–Trinajstić information content (AvgIpc) is 2.47. The molecule has 0 bridgehead atoms. The van der Waals surface area contributed by atoms with Crippen LogP contribution in [0, 0.1) is 0 Å². The lowest BCUT2D eigenvalue weighted by Crippen LogP contribution is -2.15. The summed E-state index contributed by atoms with van der Waals surface area (Å²) in [4.78, 5) is 10.7. The van der Waals surface area contributed by atoms with Crippen molar-refractivity contribution in [2.24, 2.45) is 5.73 Å². The van der Waals surface area contributed by atoms with Crippen LogP contribution in [0.25, 0.3) is 0 Å². The van der Waals surface area contributed by atoms with Crippen molar-refractivity contribution in [3.8, 4) is 0 Å². The van der Waals surface area contributed by atoms with Gasteiger partial charge >= 0.3 is 5.97 Å². The first-order valence-electron chi connectivity index (χ1n) is 6.19. The van der Waals surface area contributed by atoms with E-state index >= 15 is 0 Å². The molecule has 0 saturated heterocycles. The number of halogens is 1. The van der Waals surface area contributed by atoms with Gasteiger partial charge in [0.15, 0.2) is 0 Å². The highest BCUT2D eigenvalue weighted by molar-refractivity contribution is 7.92. The standard InChI is InChI=1S/C14H13ClN2O4S/c15-12-2-1-3-13(11(12)8-16)17-22(20,21)10-6-4-9(5-7-10)14(18)19/h1-7,17H,8,16H2,(H,18,19). The fourth-order valence-corrected chi connectivity index (χ4v) is 3.19. The maximum Gasteiger partial charge on any atom is 0.335 e. The quantitative estimate of drug-likeness (QED) is 0.773. The number of carboxylic acid groups (broad SMARTS) is 1. The van der Waals surface area contributed by atoms with Crippen LogP contribution < -0.4 is 10.5 Å². The second-order valence-corrected chi connectivity index (χ2v) is 6.49. The second kappa shape index (κ2) is 6.35. The number of benzene rings is 2. The maximum atomic E-state index is 12.3. The second-order valence-electron chi connectivity index (χ2n) is 4.41. The number of aromatic carboxylic acids is 1. The molecule has 116 valence electrons. The summed E-state index contributed by atoms with van der Waals surface area (Å²) in [6, 6.07) is 9.65. The molecular weight excluding hydrogens is 328 g/mol. The van der Waals surface area contributed by atoms with Crippen molar-refractivity contribution in [3.63, 3.8) is 0 Å². The molecule has 2 aromatic rings. The lowest BCUT2D eigenvalue weighted by Gasteiger charge is -2.13. The Morgan fingerprint density at radius 3 is 2.36 bits per heavy atom. The van der Waals surface area contributed by atoms with E-state index in [1.165, 1.54) is 24.3 Å². The van der Waals surface area contributed by atoms with Gasteiger partial charge in [-0.05, 0) is 36.4 Å². The van der Waals surface area contributed by atoms with Gasteiger partial charge in [-0.25, -0.2) is 13.2 Å². The van der Waals surface area contributed by atoms with Crippen LogP contribution >= 0.6 is 11.6 Å². The molecule has 0 aromatic heterocycles. The van der Waals surface area contributed by atoms with Crippen LogP contribution in [0.3, 0.4) is 0 Å². The van der Waals surface area contributed by atoms with Crippen molar-refractivity contribution < 1.29 is 18.3 Å². The zero-order chi connectivity index (χ0) is 16.3. The van der Waals surface area contributed by atoms with Gasteiger partial charge in [0.1, 0.15) is 0 Å². The molecule has 0 saturated carbocycles. The van der Waals surface area contributed by atoms with E-state index in [4.69, 9.17) is 22.4 Å². The number of sulfonamides is 1.